The molecule has 1 fully saturated rings. The molecule has 0 amide bonds. The highest BCUT2D eigenvalue weighted by atomic mass is 79.9. The van der Waals surface area contributed by atoms with Crippen LogP contribution in [0.2, 0.25) is 0 Å². The zero-order valence-corrected chi connectivity index (χ0v) is 21.8. The van der Waals surface area contributed by atoms with Crippen LogP contribution in [0, 0.1) is 5.92 Å². The van der Waals surface area contributed by atoms with Crippen molar-refractivity contribution in [3.63, 3.8) is 0 Å². The minimum atomic E-state index is -3.92. The maximum absolute atomic E-state index is 13.9. The van der Waals surface area contributed by atoms with E-state index < -0.39 is 27.3 Å². The molecule has 1 aliphatic heterocycles. The number of ketones is 1. The average Bonchev–Trinajstić information content (AvgIpc) is 2.88. The van der Waals surface area contributed by atoms with Crippen molar-refractivity contribution in [3.8, 4) is 11.5 Å². The van der Waals surface area contributed by atoms with E-state index in [1.54, 1.807) is 60.7 Å². The number of nitrogens with zero attached hydrogens (tertiary/aromatic N) is 1. The quantitative estimate of drug-likeness (QED) is 0.435. The molecule has 0 saturated carbocycles. The van der Waals surface area contributed by atoms with Crippen LogP contribution >= 0.6 is 15.9 Å². The van der Waals surface area contributed by atoms with Gasteiger partial charge in [-0.2, -0.15) is 4.31 Å². The van der Waals surface area contributed by atoms with Crippen molar-refractivity contribution in [1.82, 2.24) is 4.31 Å². The Kier molecular flexibility index (Phi) is 7.32. The molecule has 3 aromatic carbocycles. The monoisotopic (exact) mass is 559 g/mol. The first-order valence-electron chi connectivity index (χ1n) is 11.0. The smallest absolute Gasteiger partial charge is 0.243 e. The van der Waals surface area contributed by atoms with Gasteiger partial charge in [0.15, 0.2) is 5.78 Å². The molecule has 1 heterocycles. The first-order valence-corrected chi connectivity index (χ1v) is 13.2. The minimum absolute atomic E-state index is 0.00611. The third-order valence-corrected chi connectivity index (χ3v) is 8.76. The van der Waals surface area contributed by atoms with E-state index in [0.29, 0.717) is 21.5 Å². The van der Waals surface area contributed by atoms with Gasteiger partial charge in [0.25, 0.3) is 0 Å². The molecule has 4 rings (SSSR count). The summed E-state index contributed by atoms with van der Waals surface area (Å²) < 4.78 is 39.8. The van der Waals surface area contributed by atoms with Gasteiger partial charge in [0.2, 0.25) is 10.0 Å². The molecule has 0 radical (unpaired) electrons. The molecule has 0 aliphatic carbocycles. The molecule has 0 bridgehead atoms. The Hall–Kier alpha value is -2.72. The molecule has 9 heteroatoms. The molecule has 1 unspecified atom stereocenters. The first kappa shape index (κ1) is 25.4. The van der Waals surface area contributed by atoms with E-state index >= 15 is 0 Å². The third-order valence-electron chi connectivity index (χ3n) is 6.40. The van der Waals surface area contributed by atoms with Crippen LogP contribution in [0.3, 0.4) is 0 Å². The van der Waals surface area contributed by atoms with Crippen molar-refractivity contribution in [2.24, 2.45) is 5.92 Å². The topological polar surface area (TPSA) is 93.1 Å². The summed E-state index contributed by atoms with van der Waals surface area (Å²) in [4.78, 5) is 14.0. The molecule has 2 atom stereocenters. The van der Waals surface area contributed by atoms with Crippen molar-refractivity contribution >= 4 is 31.7 Å². The van der Waals surface area contributed by atoms with E-state index in [1.807, 2.05) is 0 Å². The number of carbonyl (C=O) groups excluding carboxylic acids is 1. The van der Waals surface area contributed by atoms with Gasteiger partial charge >= 0.3 is 0 Å². The lowest BCUT2D eigenvalue weighted by atomic mass is 9.73. The zero-order chi connectivity index (χ0) is 25.2. The SMILES string of the molecule is COc1ccccc1C(=O)C1CN(S(=O)(=O)c2cccc(Br)c2)CC[C@@]1(O)c1ccccc1OC. The van der Waals surface area contributed by atoms with Crippen LogP contribution in [0.1, 0.15) is 22.3 Å². The van der Waals surface area contributed by atoms with Crippen LogP contribution < -0.4 is 9.47 Å². The van der Waals surface area contributed by atoms with E-state index in [-0.39, 0.29) is 30.0 Å². The largest absolute Gasteiger partial charge is 0.496 e. The number of Topliss-reactive ketones (excluding diaryl/α,β-unsaturated/α-hetero) is 1. The number of carbonyl (C=O) groups is 1. The second-order valence-corrected chi connectivity index (χ2v) is 11.2. The van der Waals surface area contributed by atoms with E-state index in [9.17, 15) is 18.3 Å². The maximum atomic E-state index is 13.9. The van der Waals surface area contributed by atoms with Crippen LogP contribution in [-0.4, -0.2) is 50.9 Å². The number of methoxy groups -OCH3 is 2. The van der Waals surface area contributed by atoms with Gasteiger partial charge in [-0.3, -0.25) is 4.79 Å². The van der Waals surface area contributed by atoms with E-state index in [2.05, 4.69) is 15.9 Å². The van der Waals surface area contributed by atoms with Gasteiger partial charge < -0.3 is 14.6 Å². The van der Waals surface area contributed by atoms with Crippen LogP contribution in [-0.2, 0) is 15.6 Å². The minimum Gasteiger partial charge on any atom is -0.496 e. The Labute approximate surface area is 213 Å². The van der Waals surface area contributed by atoms with Gasteiger partial charge in [0.1, 0.15) is 17.1 Å². The molecule has 1 saturated heterocycles. The molecule has 184 valence electrons. The highest BCUT2D eigenvalue weighted by Gasteiger charge is 2.50. The van der Waals surface area contributed by atoms with Crippen molar-refractivity contribution < 1.29 is 27.8 Å². The molecule has 1 aliphatic rings. The van der Waals surface area contributed by atoms with Crippen molar-refractivity contribution in [3.05, 3.63) is 88.4 Å². The van der Waals surface area contributed by atoms with Crippen molar-refractivity contribution in [2.45, 2.75) is 16.9 Å². The second kappa shape index (κ2) is 10.1. The van der Waals surface area contributed by atoms with Crippen molar-refractivity contribution in [1.29, 1.82) is 0 Å². The summed E-state index contributed by atoms with van der Waals surface area (Å²) in [6, 6.07) is 20.1. The normalized spacial score (nSPS) is 20.9. The van der Waals surface area contributed by atoms with Gasteiger partial charge in [-0.05, 0) is 42.8 Å². The van der Waals surface area contributed by atoms with Crippen LogP contribution in [0.25, 0.3) is 0 Å². The Balaban J connectivity index is 1.82. The fraction of sp³-hybridized carbons (Fsp3) is 0.269. The Morgan fingerprint density at radius 1 is 1.00 bits per heavy atom. The van der Waals surface area contributed by atoms with E-state index in [0.717, 1.165) is 0 Å². The van der Waals surface area contributed by atoms with Crippen LogP contribution in [0.15, 0.2) is 82.2 Å². The van der Waals surface area contributed by atoms with Crippen LogP contribution in [0.5, 0.6) is 11.5 Å². The molecule has 0 spiro atoms. The molecule has 35 heavy (non-hydrogen) atoms. The number of hydrogen-bond donors (Lipinski definition) is 1. The average molecular weight is 560 g/mol. The first-order chi connectivity index (χ1) is 16.7. The predicted octanol–water partition coefficient (Wildman–Crippen LogP) is 4.25. The summed E-state index contributed by atoms with van der Waals surface area (Å²) in [5.41, 5.74) is -0.946. The summed E-state index contributed by atoms with van der Waals surface area (Å²) in [6.07, 6.45) is 0.00611. The highest BCUT2D eigenvalue weighted by Crippen LogP contribution is 2.44. The summed E-state index contributed by atoms with van der Waals surface area (Å²) in [7, 11) is -0.966. The number of para-hydroxylation sites is 2. The number of benzene rings is 3. The van der Waals surface area contributed by atoms with Gasteiger partial charge in [0.05, 0.1) is 30.6 Å². The summed E-state index contributed by atoms with van der Waals surface area (Å²) in [5.74, 6) is -0.737. The van der Waals surface area contributed by atoms with Gasteiger partial charge in [-0.1, -0.05) is 52.3 Å². The molecule has 0 aromatic heterocycles. The summed E-state index contributed by atoms with van der Waals surface area (Å²) >= 11 is 3.32. The number of halogens is 1. The number of rotatable bonds is 7. The molecular formula is C26H26BrNO6S. The predicted molar refractivity (Wildman–Crippen MR) is 135 cm³/mol. The standard InChI is InChI=1S/C26H26BrNO6S/c1-33-23-12-5-3-10-20(23)25(29)22-17-28(35(31,32)19-9-7-8-18(27)16-19)15-14-26(22,30)21-11-4-6-13-24(21)34-2/h3-13,16,22,30H,14-15,17H2,1-2H3/t22?,26-/m1/s1. The van der Waals surface area contributed by atoms with E-state index in [4.69, 9.17) is 9.47 Å². The number of sulfonamides is 1. The van der Waals surface area contributed by atoms with Gasteiger partial charge in [0, 0.05) is 23.1 Å². The molecule has 7 nitrogen and oxygen atoms in total. The van der Waals surface area contributed by atoms with E-state index in [1.165, 1.54) is 30.7 Å². The number of piperidine rings is 1. The highest BCUT2D eigenvalue weighted by molar-refractivity contribution is 9.10. The Bertz CT molecular complexity index is 1340. The lowest BCUT2D eigenvalue weighted by Gasteiger charge is -2.44. The van der Waals surface area contributed by atoms with Gasteiger partial charge in [-0.15, -0.1) is 0 Å². The number of aliphatic hydroxyl groups is 1. The summed E-state index contributed by atoms with van der Waals surface area (Å²) in [5, 5.41) is 12.0. The number of ether oxygens (including phenoxy) is 2. The molecular weight excluding hydrogens is 534 g/mol. The fourth-order valence-corrected chi connectivity index (χ4v) is 6.62. The maximum Gasteiger partial charge on any atom is 0.243 e. The second-order valence-electron chi connectivity index (χ2n) is 8.31. The van der Waals surface area contributed by atoms with Crippen LogP contribution in [0.4, 0.5) is 0 Å². The lowest BCUT2D eigenvalue weighted by molar-refractivity contribution is -0.0509. The van der Waals surface area contributed by atoms with Crippen molar-refractivity contribution in [2.75, 3.05) is 27.3 Å². The molecule has 3 aromatic rings. The Morgan fingerprint density at radius 3 is 2.34 bits per heavy atom. The third kappa shape index (κ3) is 4.73. The lowest BCUT2D eigenvalue weighted by Crippen LogP contribution is -2.54. The Morgan fingerprint density at radius 2 is 1.66 bits per heavy atom. The molecule has 1 N–H and O–H groups in total. The summed E-state index contributed by atoms with van der Waals surface area (Å²) in [6.45, 7) is -0.181. The van der Waals surface area contributed by atoms with Gasteiger partial charge in [-0.25, -0.2) is 8.42 Å². The fourth-order valence-electron chi connectivity index (χ4n) is 4.57. The zero-order valence-electron chi connectivity index (χ0n) is 19.3. The number of hydrogen-bond acceptors (Lipinski definition) is 6.